The Hall–Kier alpha value is -2.44. The maximum atomic E-state index is 13.8. The van der Waals surface area contributed by atoms with Gasteiger partial charge in [-0.3, -0.25) is 4.79 Å². The number of piperazine rings is 1. The highest BCUT2D eigenvalue weighted by molar-refractivity contribution is 5.76. The summed E-state index contributed by atoms with van der Waals surface area (Å²) in [4.78, 5) is 16.0. The van der Waals surface area contributed by atoms with E-state index in [2.05, 4.69) is 10.2 Å². The number of carbonyl (C=O) groups excluding carboxylic acids is 1. The highest BCUT2D eigenvalue weighted by Crippen LogP contribution is 2.20. The Labute approximate surface area is 133 Å². The van der Waals surface area contributed by atoms with Crippen LogP contribution >= 0.6 is 0 Å². The van der Waals surface area contributed by atoms with E-state index in [-0.39, 0.29) is 11.7 Å². The van der Waals surface area contributed by atoms with Crippen molar-refractivity contribution in [3.8, 4) is 0 Å². The molecule has 0 unspecified atom stereocenters. The lowest BCUT2D eigenvalue weighted by Crippen LogP contribution is -2.49. The van der Waals surface area contributed by atoms with E-state index in [1.54, 1.807) is 24.0 Å². The van der Waals surface area contributed by atoms with Gasteiger partial charge in [0.05, 0.1) is 5.69 Å². The molecule has 2 heterocycles. The summed E-state index contributed by atoms with van der Waals surface area (Å²) >= 11 is 0. The van der Waals surface area contributed by atoms with Gasteiger partial charge in [0.1, 0.15) is 5.82 Å². The van der Waals surface area contributed by atoms with Crippen molar-refractivity contribution in [3.05, 3.63) is 41.9 Å². The van der Waals surface area contributed by atoms with Crippen molar-refractivity contribution in [2.75, 3.05) is 31.1 Å². The fourth-order valence-electron chi connectivity index (χ4n) is 2.72. The van der Waals surface area contributed by atoms with Crippen LogP contribution in [0.2, 0.25) is 0 Å². The molecule has 1 aliphatic heterocycles. The minimum atomic E-state index is -0.223. The standard InChI is InChI=1S/C16H19FN4O2/c1-12-18-19-15(23-12)6-7-16(22)21-10-8-20(9-11-21)14-5-3-2-4-13(14)17/h2-5H,6-11H2,1H3. The van der Waals surface area contributed by atoms with Crippen LogP contribution in [-0.4, -0.2) is 47.2 Å². The minimum Gasteiger partial charge on any atom is -0.426 e. The third-order valence-corrected chi connectivity index (χ3v) is 3.95. The van der Waals surface area contributed by atoms with E-state index >= 15 is 0 Å². The first kappa shape index (κ1) is 15.5. The van der Waals surface area contributed by atoms with Gasteiger partial charge in [-0.1, -0.05) is 12.1 Å². The summed E-state index contributed by atoms with van der Waals surface area (Å²) in [5.41, 5.74) is 0.598. The Morgan fingerprint density at radius 2 is 1.96 bits per heavy atom. The number of halogens is 1. The van der Waals surface area contributed by atoms with E-state index in [9.17, 15) is 9.18 Å². The zero-order chi connectivity index (χ0) is 16.2. The average molecular weight is 318 g/mol. The third-order valence-electron chi connectivity index (χ3n) is 3.95. The Bertz CT molecular complexity index is 680. The lowest BCUT2D eigenvalue weighted by Gasteiger charge is -2.36. The number of hydrogen-bond acceptors (Lipinski definition) is 5. The Balaban J connectivity index is 1.50. The van der Waals surface area contributed by atoms with Gasteiger partial charge < -0.3 is 14.2 Å². The van der Waals surface area contributed by atoms with Crippen LogP contribution in [0.4, 0.5) is 10.1 Å². The smallest absolute Gasteiger partial charge is 0.223 e. The van der Waals surface area contributed by atoms with Crippen molar-refractivity contribution in [1.29, 1.82) is 0 Å². The zero-order valence-corrected chi connectivity index (χ0v) is 13.0. The van der Waals surface area contributed by atoms with Crippen molar-refractivity contribution in [2.24, 2.45) is 0 Å². The maximum Gasteiger partial charge on any atom is 0.223 e. The number of aryl methyl sites for hydroxylation is 2. The molecule has 1 aromatic heterocycles. The molecule has 0 atom stereocenters. The van der Waals surface area contributed by atoms with E-state index in [1.807, 2.05) is 11.0 Å². The average Bonchev–Trinajstić information content (AvgIpc) is 2.99. The van der Waals surface area contributed by atoms with E-state index in [0.717, 1.165) is 0 Å². The number of rotatable bonds is 4. The lowest BCUT2D eigenvalue weighted by molar-refractivity contribution is -0.131. The molecule has 0 saturated carbocycles. The van der Waals surface area contributed by atoms with Gasteiger partial charge in [0.15, 0.2) is 0 Å². The first-order valence-electron chi connectivity index (χ1n) is 7.70. The van der Waals surface area contributed by atoms with Crippen molar-refractivity contribution >= 4 is 11.6 Å². The highest BCUT2D eigenvalue weighted by Gasteiger charge is 2.22. The molecule has 0 spiro atoms. The monoisotopic (exact) mass is 318 g/mol. The Morgan fingerprint density at radius 1 is 1.22 bits per heavy atom. The first-order chi connectivity index (χ1) is 11.1. The van der Waals surface area contributed by atoms with Crippen molar-refractivity contribution in [1.82, 2.24) is 15.1 Å². The van der Waals surface area contributed by atoms with Crippen LogP contribution in [-0.2, 0) is 11.2 Å². The quantitative estimate of drug-likeness (QED) is 0.860. The molecule has 6 nitrogen and oxygen atoms in total. The van der Waals surface area contributed by atoms with Gasteiger partial charge >= 0.3 is 0 Å². The molecule has 0 radical (unpaired) electrons. The Kier molecular flexibility index (Phi) is 4.55. The van der Waals surface area contributed by atoms with Gasteiger partial charge in [0.25, 0.3) is 0 Å². The second-order valence-electron chi connectivity index (χ2n) is 5.53. The molecule has 1 amide bonds. The molecule has 1 aliphatic rings. The third kappa shape index (κ3) is 3.67. The fourth-order valence-corrected chi connectivity index (χ4v) is 2.72. The van der Waals surface area contributed by atoms with Crippen molar-refractivity contribution < 1.29 is 13.6 Å². The minimum absolute atomic E-state index is 0.0639. The van der Waals surface area contributed by atoms with Crippen molar-refractivity contribution in [2.45, 2.75) is 19.8 Å². The van der Waals surface area contributed by atoms with Gasteiger partial charge in [-0.05, 0) is 12.1 Å². The van der Waals surface area contributed by atoms with Gasteiger partial charge in [-0.15, -0.1) is 10.2 Å². The number of hydrogen-bond donors (Lipinski definition) is 0. The molecule has 1 saturated heterocycles. The summed E-state index contributed by atoms with van der Waals surface area (Å²) < 4.78 is 19.1. The predicted molar refractivity (Wildman–Crippen MR) is 82.5 cm³/mol. The van der Waals surface area contributed by atoms with Gasteiger partial charge in [-0.2, -0.15) is 0 Å². The molecule has 1 fully saturated rings. The van der Waals surface area contributed by atoms with E-state index in [1.165, 1.54) is 6.07 Å². The summed E-state index contributed by atoms with van der Waals surface area (Å²) in [5.74, 6) is 0.833. The molecule has 2 aromatic rings. The highest BCUT2D eigenvalue weighted by atomic mass is 19.1. The lowest BCUT2D eigenvalue weighted by atomic mass is 10.2. The first-order valence-corrected chi connectivity index (χ1v) is 7.70. The number of aromatic nitrogens is 2. The molecule has 1 aromatic carbocycles. The van der Waals surface area contributed by atoms with Crippen LogP contribution < -0.4 is 4.90 Å². The molecule has 23 heavy (non-hydrogen) atoms. The van der Waals surface area contributed by atoms with Crippen molar-refractivity contribution in [3.63, 3.8) is 0 Å². The molecule has 0 N–H and O–H groups in total. The maximum absolute atomic E-state index is 13.8. The van der Waals surface area contributed by atoms with Crippen LogP contribution in [0, 0.1) is 12.7 Å². The molecule has 0 bridgehead atoms. The second kappa shape index (κ2) is 6.76. The molecular weight excluding hydrogens is 299 g/mol. The van der Waals surface area contributed by atoms with Gasteiger partial charge in [0, 0.05) is 45.9 Å². The summed E-state index contributed by atoms with van der Waals surface area (Å²) in [7, 11) is 0. The van der Waals surface area contributed by atoms with Crippen LogP contribution in [0.3, 0.4) is 0 Å². The SMILES string of the molecule is Cc1nnc(CCC(=O)N2CCN(c3ccccc3F)CC2)o1. The number of amides is 1. The van der Waals surface area contributed by atoms with E-state index in [4.69, 9.17) is 4.42 Å². The summed E-state index contributed by atoms with van der Waals surface area (Å²) in [6, 6.07) is 6.73. The summed E-state index contributed by atoms with van der Waals surface area (Å²) in [6.07, 6.45) is 0.800. The fraction of sp³-hybridized carbons (Fsp3) is 0.438. The normalized spacial score (nSPS) is 15.0. The van der Waals surface area contributed by atoms with Gasteiger partial charge in [-0.25, -0.2) is 4.39 Å². The number of para-hydroxylation sites is 1. The zero-order valence-electron chi connectivity index (χ0n) is 13.0. The van der Waals surface area contributed by atoms with E-state index < -0.39 is 0 Å². The summed E-state index contributed by atoms with van der Waals surface area (Å²) in [5, 5.41) is 7.63. The second-order valence-corrected chi connectivity index (χ2v) is 5.53. The Morgan fingerprint density at radius 3 is 2.61 bits per heavy atom. The van der Waals surface area contributed by atoms with Crippen LogP contribution in [0.25, 0.3) is 0 Å². The topological polar surface area (TPSA) is 62.5 Å². The number of anilines is 1. The molecule has 0 aliphatic carbocycles. The molecular formula is C16H19FN4O2. The molecule has 7 heteroatoms. The van der Waals surface area contributed by atoms with Crippen LogP contribution in [0.15, 0.2) is 28.7 Å². The van der Waals surface area contributed by atoms with Crippen LogP contribution in [0.5, 0.6) is 0 Å². The number of carbonyl (C=O) groups is 1. The largest absolute Gasteiger partial charge is 0.426 e. The van der Waals surface area contributed by atoms with E-state index in [0.29, 0.717) is 56.5 Å². The number of benzene rings is 1. The molecule has 122 valence electrons. The summed E-state index contributed by atoms with van der Waals surface area (Å²) in [6.45, 7) is 4.17. The predicted octanol–water partition coefficient (Wildman–Crippen LogP) is 1.80. The molecule has 3 rings (SSSR count). The van der Waals surface area contributed by atoms with Crippen LogP contribution in [0.1, 0.15) is 18.2 Å². The number of nitrogens with zero attached hydrogens (tertiary/aromatic N) is 4. The van der Waals surface area contributed by atoms with Gasteiger partial charge in [0.2, 0.25) is 17.7 Å².